The zero-order valence-electron chi connectivity index (χ0n) is 9.68. The minimum atomic E-state index is -0.239. The number of nitrogens with two attached hydrogens (primary N) is 1. The van der Waals surface area contributed by atoms with Crippen molar-refractivity contribution in [2.24, 2.45) is 12.8 Å². The maximum Gasteiger partial charge on any atom is 0.153 e. The number of benzene rings is 1. The standard InChI is InChI=1S/C11H12BrFN4S/c1-17-10(11(12)15-16-17)9(14)6-18-8-4-2-3-7(13)5-8/h2-5,9H,6,14H2,1H3. The number of thioether (sulfide) groups is 1. The van der Waals surface area contributed by atoms with Crippen molar-refractivity contribution in [2.75, 3.05) is 5.75 Å². The molecule has 4 nitrogen and oxygen atoms in total. The van der Waals surface area contributed by atoms with Gasteiger partial charge >= 0.3 is 0 Å². The van der Waals surface area contributed by atoms with Gasteiger partial charge < -0.3 is 5.73 Å². The highest BCUT2D eigenvalue weighted by atomic mass is 79.9. The van der Waals surface area contributed by atoms with E-state index in [2.05, 4.69) is 26.2 Å². The number of nitrogens with zero attached hydrogens (tertiary/aromatic N) is 3. The Hall–Kier alpha value is -0.920. The molecule has 2 aromatic rings. The van der Waals surface area contributed by atoms with Crippen LogP contribution in [0.25, 0.3) is 0 Å². The summed E-state index contributed by atoms with van der Waals surface area (Å²) >= 11 is 4.82. The zero-order chi connectivity index (χ0) is 13.1. The van der Waals surface area contributed by atoms with Gasteiger partial charge in [-0.05, 0) is 34.1 Å². The molecule has 0 bridgehead atoms. The smallest absolute Gasteiger partial charge is 0.153 e. The first-order chi connectivity index (χ1) is 8.58. The second-order valence-corrected chi connectivity index (χ2v) is 5.61. The summed E-state index contributed by atoms with van der Waals surface area (Å²) in [7, 11) is 1.79. The largest absolute Gasteiger partial charge is 0.322 e. The molecular formula is C11H12BrFN4S. The molecule has 2 N–H and O–H groups in total. The van der Waals surface area contributed by atoms with Crippen LogP contribution in [0.3, 0.4) is 0 Å². The summed E-state index contributed by atoms with van der Waals surface area (Å²) in [6, 6.07) is 6.24. The molecule has 1 aromatic carbocycles. The topological polar surface area (TPSA) is 56.7 Å². The Balaban J connectivity index is 2.03. The van der Waals surface area contributed by atoms with Crippen LogP contribution in [0, 0.1) is 5.82 Å². The zero-order valence-corrected chi connectivity index (χ0v) is 12.1. The lowest BCUT2D eigenvalue weighted by Crippen LogP contribution is -2.17. The molecule has 0 aliphatic carbocycles. The lowest BCUT2D eigenvalue weighted by molar-refractivity contribution is 0.624. The molecule has 7 heteroatoms. The first-order valence-electron chi connectivity index (χ1n) is 5.27. The second-order valence-electron chi connectivity index (χ2n) is 3.76. The molecule has 0 radical (unpaired) electrons. The molecule has 1 heterocycles. The molecule has 0 spiro atoms. The third-order valence-electron chi connectivity index (χ3n) is 2.40. The second kappa shape index (κ2) is 5.81. The minimum absolute atomic E-state index is 0.215. The van der Waals surface area contributed by atoms with Gasteiger partial charge in [-0.2, -0.15) is 0 Å². The fraction of sp³-hybridized carbons (Fsp3) is 0.273. The maximum absolute atomic E-state index is 13.0. The van der Waals surface area contributed by atoms with Crippen molar-refractivity contribution in [2.45, 2.75) is 10.9 Å². The van der Waals surface area contributed by atoms with Crippen molar-refractivity contribution in [3.63, 3.8) is 0 Å². The number of aromatic nitrogens is 3. The first-order valence-corrected chi connectivity index (χ1v) is 7.05. The Labute approximate surface area is 117 Å². The summed E-state index contributed by atoms with van der Waals surface area (Å²) < 4.78 is 15.3. The van der Waals surface area contributed by atoms with E-state index in [0.29, 0.717) is 10.4 Å². The van der Waals surface area contributed by atoms with E-state index in [4.69, 9.17) is 5.73 Å². The fourth-order valence-electron chi connectivity index (χ4n) is 1.55. The summed E-state index contributed by atoms with van der Waals surface area (Å²) in [5, 5.41) is 7.76. The van der Waals surface area contributed by atoms with Gasteiger partial charge in [0.1, 0.15) is 5.82 Å². The average Bonchev–Trinajstić information content (AvgIpc) is 2.66. The Morgan fingerprint density at radius 3 is 2.94 bits per heavy atom. The number of aryl methyl sites for hydroxylation is 1. The number of hydrogen-bond donors (Lipinski definition) is 1. The van der Waals surface area contributed by atoms with E-state index in [0.717, 1.165) is 10.6 Å². The van der Waals surface area contributed by atoms with Gasteiger partial charge in [-0.3, -0.25) is 0 Å². The van der Waals surface area contributed by atoms with Gasteiger partial charge in [-0.15, -0.1) is 16.9 Å². The summed E-state index contributed by atoms with van der Waals surface area (Å²) in [6.07, 6.45) is 0. The normalized spacial score (nSPS) is 12.7. The Morgan fingerprint density at radius 1 is 1.56 bits per heavy atom. The van der Waals surface area contributed by atoms with E-state index in [1.807, 2.05) is 6.07 Å². The van der Waals surface area contributed by atoms with Crippen LogP contribution >= 0.6 is 27.7 Å². The molecule has 2 rings (SSSR count). The van der Waals surface area contributed by atoms with Crippen LogP contribution in [-0.2, 0) is 7.05 Å². The van der Waals surface area contributed by atoms with E-state index in [-0.39, 0.29) is 11.9 Å². The number of halogens is 2. The average molecular weight is 331 g/mol. The Morgan fingerprint density at radius 2 is 2.33 bits per heavy atom. The molecule has 18 heavy (non-hydrogen) atoms. The predicted molar refractivity (Wildman–Crippen MR) is 72.8 cm³/mol. The molecule has 0 fully saturated rings. The molecule has 1 unspecified atom stereocenters. The van der Waals surface area contributed by atoms with Crippen molar-refractivity contribution in [1.29, 1.82) is 0 Å². The van der Waals surface area contributed by atoms with Gasteiger partial charge in [0, 0.05) is 17.7 Å². The van der Waals surface area contributed by atoms with Crippen LogP contribution in [0.4, 0.5) is 4.39 Å². The van der Waals surface area contributed by atoms with Gasteiger partial charge in [0.2, 0.25) is 0 Å². The van der Waals surface area contributed by atoms with Gasteiger partial charge in [0.15, 0.2) is 4.60 Å². The Kier molecular flexibility index (Phi) is 4.36. The highest BCUT2D eigenvalue weighted by Gasteiger charge is 2.16. The highest BCUT2D eigenvalue weighted by molar-refractivity contribution is 9.10. The molecule has 0 saturated heterocycles. The number of rotatable bonds is 4. The minimum Gasteiger partial charge on any atom is -0.322 e. The number of hydrogen-bond acceptors (Lipinski definition) is 4. The fourth-order valence-corrected chi connectivity index (χ4v) is 3.08. The SMILES string of the molecule is Cn1nnc(Br)c1C(N)CSc1cccc(F)c1. The molecule has 0 amide bonds. The van der Waals surface area contributed by atoms with Crippen molar-refractivity contribution in [1.82, 2.24) is 15.0 Å². The van der Waals surface area contributed by atoms with Crippen molar-refractivity contribution < 1.29 is 4.39 Å². The van der Waals surface area contributed by atoms with Gasteiger partial charge in [0.05, 0.1) is 11.7 Å². The van der Waals surface area contributed by atoms with Crippen LogP contribution in [0.2, 0.25) is 0 Å². The predicted octanol–water partition coefficient (Wildman–Crippen LogP) is 2.51. The van der Waals surface area contributed by atoms with E-state index >= 15 is 0 Å². The molecule has 96 valence electrons. The lowest BCUT2D eigenvalue weighted by atomic mass is 10.3. The lowest BCUT2D eigenvalue weighted by Gasteiger charge is -2.11. The van der Waals surface area contributed by atoms with E-state index in [9.17, 15) is 4.39 Å². The van der Waals surface area contributed by atoms with Crippen molar-refractivity contribution in [3.05, 3.63) is 40.4 Å². The molecule has 0 aliphatic heterocycles. The van der Waals surface area contributed by atoms with Gasteiger partial charge in [0.25, 0.3) is 0 Å². The molecule has 0 aliphatic rings. The summed E-state index contributed by atoms with van der Waals surface area (Å²) in [5.74, 6) is 0.389. The van der Waals surface area contributed by atoms with Crippen LogP contribution in [0.15, 0.2) is 33.8 Å². The van der Waals surface area contributed by atoms with Gasteiger partial charge in [-0.1, -0.05) is 11.3 Å². The van der Waals surface area contributed by atoms with Gasteiger partial charge in [-0.25, -0.2) is 9.07 Å². The van der Waals surface area contributed by atoms with E-state index in [1.165, 1.54) is 23.9 Å². The van der Waals surface area contributed by atoms with Crippen LogP contribution < -0.4 is 5.73 Å². The van der Waals surface area contributed by atoms with E-state index < -0.39 is 0 Å². The highest BCUT2D eigenvalue weighted by Crippen LogP contribution is 2.26. The van der Waals surface area contributed by atoms with Crippen LogP contribution in [-0.4, -0.2) is 20.7 Å². The van der Waals surface area contributed by atoms with Crippen molar-refractivity contribution in [3.8, 4) is 0 Å². The molecule has 1 aromatic heterocycles. The summed E-state index contributed by atoms with van der Waals surface area (Å²) in [5.41, 5.74) is 6.91. The molecule has 0 saturated carbocycles. The monoisotopic (exact) mass is 330 g/mol. The molecular weight excluding hydrogens is 319 g/mol. The van der Waals surface area contributed by atoms with Crippen molar-refractivity contribution >= 4 is 27.7 Å². The quantitative estimate of drug-likeness (QED) is 0.875. The first kappa shape index (κ1) is 13.5. The summed E-state index contributed by atoms with van der Waals surface area (Å²) in [6.45, 7) is 0. The molecule has 1 atom stereocenters. The van der Waals surface area contributed by atoms with E-state index in [1.54, 1.807) is 17.8 Å². The summed E-state index contributed by atoms with van der Waals surface area (Å²) in [4.78, 5) is 0.858. The van der Waals surface area contributed by atoms with Crippen LogP contribution in [0.5, 0.6) is 0 Å². The Bertz CT molecular complexity index is 526. The maximum atomic E-state index is 13.0. The third-order valence-corrected chi connectivity index (χ3v) is 4.08. The third kappa shape index (κ3) is 3.09. The van der Waals surface area contributed by atoms with Crippen LogP contribution in [0.1, 0.15) is 11.7 Å².